The lowest BCUT2D eigenvalue weighted by Crippen LogP contribution is -2.10. The van der Waals surface area contributed by atoms with Gasteiger partial charge in [-0.05, 0) is 43.7 Å². The molecule has 3 rings (SSSR count). The Morgan fingerprint density at radius 3 is 2.76 bits per heavy atom. The van der Waals surface area contributed by atoms with Crippen molar-refractivity contribution in [3.8, 4) is 11.6 Å². The highest BCUT2D eigenvalue weighted by molar-refractivity contribution is 9.10. The van der Waals surface area contributed by atoms with Crippen molar-refractivity contribution < 1.29 is 4.74 Å². The molecule has 108 valence electrons. The molecule has 2 aromatic heterocycles. The van der Waals surface area contributed by atoms with Gasteiger partial charge in [0.15, 0.2) is 0 Å². The lowest BCUT2D eigenvalue weighted by atomic mass is 10.2. The Morgan fingerprint density at radius 1 is 1.24 bits per heavy atom. The normalized spacial score (nSPS) is 10.9. The van der Waals surface area contributed by atoms with E-state index in [1.165, 1.54) is 0 Å². The van der Waals surface area contributed by atoms with E-state index in [4.69, 9.17) is 10.6 Å². The first-order valence-electron chi connectivity index (χ1n) is 6.25. The molecule has 7 heteroatoms. The van der Waals surface area contributed by atoms with Crippen molar-refractivity contribution in [1.29, 1.82) is 0 Å². The van der Waals surface area contributed by atoms with Gasteiger partial charge in [-0.3, -0.25) is 5.43 Å². The number of thiophene rings is 1. The predicted molar refractivity (Wildman–Crippen MR) is 88.9 cm³/mol. The number of rotatable bonds is 3. The molecule has 0 atom stereocenters. The smallest absolute Gasteiger partial charge is 0.241 e. The number of anilines is 1. The maximum Gasteiger partial charge on any atom is 0.241 e. The van der Waals surface area contributed by atoms with Crippen LogP contribution in [0.2, 0.25) is 0 Å². The van der Waals surface area contributed by atoms with Crippen LogP contribution >= 0.6 is 27.3 Å². The standard InChI is InChI=1S/C14H13BrN4OS/c1-7-5-9(15)3-4-11(7)20-12-10-6-8(2)21-13(10)18-14(17-12)19-16/h3-6H,16H2,1-2H3,(H,17,18,19). The molecular formula is C14H13BrN4OS. The molecule has 0 amide bonds. The van der Waals surface area contributed by atoms with Crippen LogP contribution in [0.15, 0.2) is 28.7 Å². The van der Waals surface area contributed by atoms with E-state index in [0.29, 0.717) is 11.8 Å². The fourth-order valence-corrected chi connectivity index (χ4v) is 3.34. The molecule has 0 saturated heterocycles. The molecule has 5 nitrogen and oxygen atoms in total. The van der Waals surface area contributed by atoms with Crippen molar-refractivity contribution in [2.75, 3.05) is 5.43 Å². The number of hydrazine groups is 1. The summed E-state index contributed by atoms with van der Waals surface area (Å²) in [5.74, 6) is 7.03. The summed E-state index contributed by atoms with van der Waals surface area (Å²) in [6.07, 6.45) is 0. The van der Waals surface area contributed by atoms with Crippen LogP contribution in [0.3, 0.4) is 0 Å². The highest BCUT2D eigenvalue weighted by Crippen LogP contribution is 2.34. The summed E-state index contributed by atoms with van der Waals surface area (Å²) in [6.45, 7) is 4.01. The van der Waals surface area contributed by atoms with Crippen molar-refractivity contribution in [3.05, 3.63) is 39.2 Å². The van der Waals surface area contributed by atoms with Gasteiger partial charge >= 0.3 is 0 Å². The average molecular weight is 365 g/mol. The van der Waals surface area contributed by atoms with Crippen LogP contribution in [0.1, 0.15) is 10.4 Å². The van der Waals surface area contributed by atoms with Crippen LogP contribution in [-0.2, 0) is 0 Å². The van der Waals surface area contributed by atoms with Gasteiger partial charge in [0, 0.05) is 9.35 Å². The van der Waals surface area contributed by atoms with Crippen LogP contribution in [0.4, 0.5) is 5.95 Å². The van der Waals surface area contributed by atoms with E-state index in [0.717, 1.165) is 30.9 Å². The second-order valence-electron chi connectivity index (χ2n) is 4.58. The van der Waals surface area contributed by atoms with Gasteiger partial charge in [0.05, 0.1) is 5.39 Å². The van der Waals surface area contributed by atoms with Gasteiger partial charge in [0.1, 0.15) is 10.6 Å². The number of hydrogen-bond acceptors (Lipinski definition) is 6. The third-order valence-corrected chi connectivity index (χ3v) is 4.39. The zero-order valence-corrected chi connectivity index (χ0v) is 13.9. The van der Waals surface area contributed by atoms with E-state index >= 15 is 0 Å². The molecule has 0 spiro atoms. The van der Waals surface area contributed by atoms with Crippen LogP contribution in [0.5, 0.6) is 11.6 Å². The van der Waals surface area contributed by atoms with E-state index in [2.05, 4.69) is 31.3 Å². The minimum atomic E-state index is 0.342. The summed E-state index contributed by atoms with van der Waals surface area (Å²) in [4.78, 5) is 10.6. The third kappa shape index (κ3) is 2.85. The van der Waals surface area contributed by atoms with Crippen molar-refractivity contribution >= 4 is 43.4 Å². The van der Waals surface area contributed by atoms with Crippen LogP contribution < -0.4 is 16.0 Å². The SMILES string of the molecule is Cc1cc2c(Oc3ccc(Br)cc3C)nc(NN)nc2s1. The van der Waals surface area contributed by atoms with E-state index < -0.39 is 0 Å². The highest BCUT2D eigenvalue weighted by Gasteiger charge is 2.13. The number of benzene rings is 1. The summed E-state index contributed by atoms with van der Waals surface area (Å²) in [7, 11) is 0. The molecule has 0 aliphatic rings. The number of nitrogens with one attached hydrogen (secondary N) is 1. The van der Waals surface area contributed by atoms with Gasteiger partial charge in [0.25, 0.3) is 0 Å². The highest BCUT2D eigenvalue weighted by atomic mass is 79.9. The molecule has 0 aliphatic heterocycles. The monoisotopic (exact) mass is 364 g/mol. The van der Waals surface area contributed by atoms with E-state index in [9.17, 15) is 0 Å². The zero-order chi connectivity index (χ0) is 15.0. The number of nitrogens with zero attached hydrogens (tertiary/aromatic N) is 2. The second-order valence-corrected chi connectivity index (χ2v) is 6.73. The number of hydrogen-bond donors (Lipinski definition) is 2. The zero-order valence-electron chi connectivity index (χ0n) is 11.5. The Balaban J connectivity index is 2.10. The van der Waals surface area contributed by atoms with Gasteiger partial charge < -0.3 is 4.74 Å². The Morgan fingerprint density at radius 2 is 2.05 bits per heavy atom. The fraction of sp³-hybridized carbons (Fsp3) is 0.143. The molecule has 2 heterocycles. The second kappa shape index (κ2) is 5.59. The lowest BCUT2D eigenvalue weighted by Gasteiger charge is -2.10. The molecule has 0 bridgehead atoms. The molecule has 21 heavy (non-hydrogen) atoms. The number of nitrogen functional groups attached to an aromatic ring is 1. The number of aromatic nitrogens is 2. The Bertz CT molecular complexity index is 818. The van der Waals surface area contributed by atoms with Gasteiger partial charge in [-0.25, -0.2) is 10.8 Å². The molecule has 3 aromatic rings. The molecule has 3 N–H and O–H groups in total. The maximum absolute atomic E-state index is 5.97. The first kappa shape index (κ1) is 14.2. The van der Waals surface area contributed by atoms with Crippen molar-refractivity contribution in [2.45, 2.75) is 13.8 Å². The van der Waals surface area contributed by atoms with Crippen molar-refractivity contribution in [1.82, 2.24) is 9.97 Å². The lowest BCUT2D eigenvalue weighted by molar-refractivity contribution is 0.465. The van der Waals surface area contributed by atoms with Gasteiger partial charge in [-0.1, -0.05) is 15.9 Å². The summed E-state index contributed by atoms with van der Waals surface area (Å²) in [5.41, 5.74) is 3.49. The average Bonchev–Trinajstić information content (AvgIpc) is 2.82. The molecule has 0 aliphatic carbocycles. The fourth-order valence-electron chi connectivity index (χ4n) is 1.99. The molecule has 0 radical (unpaired) electrons. The van der Waals surface area contributed by atoms with Crippen LogP contribution in [-0.4, -0.2) is 9.97 Å². The van der Waals surface area contributed by atoms with Crippen molar-refractivity contribution in [2.24, 2.45) is 5.84 Å². The molecule has 0 saturated carbocycles. The van der Waals surface area contributed by atoms with Crippen LogP contribution in [0, 0.1) is 13.8 Å². The summed E-state index contributed by atoms with van der Waals surface area (Å²) >= 11 is 5.02. The molecular weight excluding hydrogens is 352 g/mol. The van der Waals surface area contributed by atoms with Crippen LogP contribution in [0.25, 0.3) is 10.2 Å². The quantitative estimate of drug-likeness (QED) is 0.539. The van der Waals surface area contributed by atoms with Gasteiger partial charge in [-0.2, -0.15) is 4.98 Å². The number of halogens is 1. The Kier molecular flexibility index (Phi) is 3.79. The summed E-state index contributed by atoms with van der Waals surface area (Å²) < 4.78 is 6.98. The first-order valence-corrected chi connectivity index (χ1v) is 7.86. The Labute approximate surface area is 134 Å². The molecule has 0 fully saturated rings. The summed E-state index contributed by atoms with van der Waals surface area (Å²) in [5, 5.41) is 0.888. The van der Waals surface area contributed by atoms with Crippen molar-refractivity contribution in [3.63, 3.8) is 0 Å². The van der Waals surface area contributed by atoms with E-state index in [1.54, 1.807) is 11.3 Å². The minimum Gasteiger partial charge on any atom is -0.438 e. The Hall–Kier alpha value is -1.70. The first-order chi connectivity index (χ1) is 10.1. The maximum atomic E-state index is 5.97. The topological polar surface area (TPSA) is 73.1 Å². The van der Waals surface area contributed by atoms with Gasteiger partial charge in [-0.15, -0.1) is 11.3 Å². The molecule has 1 aromatic carbocycles. The van der Waals surface area contributed by atoms with Gasteiger partial charge in [0.2, 0.25) is 11.8 Å². The number of aryl methyl sites for hydroxylation is 2. The predicted octanol–water partition coefficient (Wildman–Crippen LogP) is 4.15. The largest absolute Gasteiger partial charge is 0.438 e. The van der Waals surface area contributed by atoms with E-state index in [1.807, 2.05) is 38.1 Å². The number of fused-ring (bicyclic) bond motifs is 1. The summed E-state index contributed by atoms with van der Waals surface area (Å²) in [6, 6.07) is 7.85. The third-order valence-electron chi connectivity index (χ3n) is 2.95. The van der Waals surface area contributed by atoms with E-state index in [-0.39, 0.29) is 0 Å². The number of ether oxygens (including phenoxy) is 1. The molecule has 0 unspecified atom stereocenters. The minimum absolute atomic E-state index is 0.342. The number of nitrogens with two attached hydrogens (primary N) is 1.